The van der Waals surface area contributed by atoms with Crippen molar-refractivity contribution >= 4 is 34.1 Å². The molecule has 8 heteroatoms. The molecule has 0 spiro atoms. The van der Waals surface area contributed by atoms with Gasteiger partial charge in [-0.05, 0) is 6.92 Å². The fraction of sp³-hybridized carbons (Fsp3) is 0.333. The van der Waals surface area contributed by atoms with E-state index in [0.29, 0.717) is 29.5 Å². The van der Waals surface area contributed by atoms with Crippen LogP contribution in [0.3, 0.4) is 0 Å². The van der Waals surface area contributed by atoms with Gasteiger partial charge in [-0.3, -0.25) is 4.79 Å². The molecule has 6 nitrogen and oxygen atoms in total. The van der Waals surface area contributed by atoms with Gasteiger partial charge in [-0.15, -0.1) is 11.3 Å². The lowest BCUT2D eigenvalue weighted by Gasteiger charge is -2.01. The van der Waals surface area contributed by atoms with Gasteiger partial charge in [-0.2, -0.15) is 8.75 Å². The summed E-state index contributed by atoms with van der Waals surface area (Å²) in [5.74, 6) is -0.195. The second kappa shape index (κ2) is 5.19. The molecule has 0 bridgehead atoms. The van der Waals surface area contributed by atoms with Gasteiger partial charge >= 0.3 is 0 Å². The van der Waals surface area contributed by atoms with Gasteiger partial charge in [0.25, 0.3) is 5.91 Å². The van der Waals surface area contributed by atoms with Gasteiger partial charge in [0.05, 0.1) is 23.1 Å². The molecule has 3 N–H and O–H groups in total. The standard InChI is InChI=1S/C9H11N5OS2/c1-5-7(14-17-13-5)8(15)11-3-2-6-4-16-9(10)12-6/h4H,2-3H2,1H3,(H2,10,12)(H,11,15). The highest BCUT2D eigenvalue weighted by Gasteiger charge is 2.12. The molecule has 2 rings (SSSR count). The molecule has 2 heterocycles. The lowest BCUT2D eigenvalue weighted by molar-refractivity contribution is 0.0949. The van der Waals surface area contributed by atoms with E-state index in [1.807, 2.05) is 5.38 Å². The molecule has 0 saturated heterocycles. The third kappa shape index (κ3) is 2.98. The molecule has 0 saturated carbocycles. The van der Waals surface area contributed by atoms with Gasteiger partial charge < -0.3 is 11.1 Å². The van der Waals surface area contributed by atoms with Crippen LogP contribution in [0.25, 0.3) is 0 Å². The Morgan fingerprint density at radius 2 is 2.35 bits per heavy atom. The minimum Gasteiger partial charge on any atom is -0.375 e. The molecule has 0 atom stereocenters. The fourth-order valence-corrected chi connectivity index (χ4v) is 2.41. The van der Waals surface area contributed by atoms with Crippen LogP contribution < -0.4 is 11.1 Å². The topological polar surface area (TPSA) is 93.8 Å². The predicted molar refractivity (Wildman–Crippen MR) is 67.2 cm³/mol. The summed E-state index contributed by atoms with van der Waals surface area (Å²) in [4.78, 5) is 15.8. The Bertz CT molecular complexity index is 521. The van der Waals surface area contributed by atoms with Crippen molar-refractivity contribution in [2.24, 2.45) is 0 Å². The molecule has 0 aliphatic carbocycles. The van der Waals surface area contributed by atoms with Gasteiger partial charge in [0.2, 0.25) is 0 Å². The normalized spacial score (nSPS) is 10.4. The molecular weight excluding hydrogens is 258 g/mol. The van der Waals surface area contributed by atoms with Crippen molar-refractivity contribution < 1.29 is 4.79 Å². The van der Waals surface area contributed by atoms with E-state index in [1.165, 1.54) is 11.3 Å². The number of nitrogens with zero attached hydrogens (tertiary/aromatic N) is 3. The summed E-state index contributed by atoms with van der Waals surface area (Å²) < 4.78 is 7.88. The summed E-state index contributed by atoms with van der Waals surface area (Å²) in [5, 5.41) is 5.21. The highest BCUT2D eigenvalue weighted by molar-refractivity contribution is 7.13. The maximum absolute atomic E-state index is 11.7. The Morgan fingerprint density at radius 1 is 1.53 bits per heavy atom. The predicted octanol–water partition coefficient (Wildman–Crippen LogP) is 0.858. The molecule has 2 aromatic rings. The van der Waals surface area contributed by atoms with Crippen molar-refractivity contribution in [2.45, 2.75) is 13.3 Å². The number of carbonyl (C=O) groups is 1. The molecule has 1 amide bonds. The zero-order valence-electron chi connectivity index (χ0n) is 9.14. The second-order valence-electron chi connectivity index (χ2n) is 3.38. The molecule has 2 aromatic heterocycles. The van der Waals surface area contributed by atoms with Gasteiger partial charge in [0, 0.05) is 18.3 Å². The maximum Gasteiger partial charge on any atom is 0.272 e. The van der Waals surface area contributed by atoms with E-state index in [-0.39, 0.29) is 5.91 Å². The van der Waals surface area contributed by atoms with E-state index < -0.39 is 0 Å². The van der Waals surface area contributed by atoms with Crippen molar-refractivity contribution in [3.05, 3.63) is 22.5 Å². The smallest absolute Gasteiger partial charge is 0.272 e. The summed E-state index contributed by atoms with van der Waals surface area (Å²) in [5.41, 5.74) is 7.45. The number of nitrogen functional groups attached to an aromatic ring is 1. The molecule has 0 aromatic carbocycles. The fourth-order valence-electron chi connectivity index (χ4n) is 1.26. The van der Waals surface area contributed by atoms with Crippen LogP contribution >= 0.6 is 23.1 Å². The Balaban J connectivity index is 1.83. The maximum atomic E-state index is 11.7. The van der Waals surface area contributed by atoms with Crippen molar-refractivity contribution in [3.63, 3.8) is 0 Å². The van der Waals surface area contributed by atoms with Crippen molar-refractivity contribution in [2.75, 3.05) is 12.3 Å². The number of hydrogen-bond donors (Lipinski definition) is 2. The minimum atomic E-state index is -0.195. The molecular formula is C9H11N5OS2. The molecule has 0 fully saturated rings. The van der Waals surface area contributed by atoms with Crippen LogP contribution in [-0.4, -0.2) is 26.2 Å². The Morgan fingerprint density at radius 3 is 2.94 bits per heavy atom. The largest absolute Gasteiger partial charge is 0.375 e. The van der Waals surface area contributed by atoms with Crippen molar-refractivity contribution in [1.29, 1.82) is 0 Å². The average Bonchev–Trinajstić information content (AvgIpc) is 2.87. The van der Waals surface area contributed by atoms with E-state index in [2.05, 4.69) is 19.0 Å². The number of amides is 1. The summed E-state index contributed by atoms with van der Waals surface area (Å²) in [6, 6.07) is 0. The van der Waals surface area contributed by atoms with Crippen molar-refractivity contribution in [3.8, 4) is 0 Å². The average molecular weight is 269 g/mol. The molecule has 0 radical (unpaired) electrons. The van der Waals surface area contributed by atoms with E-state index in [4.69, 9.17) is 5.73 Å². The number of anilines is 1. The SMILES string of the molecule is Cc1nsnc1C(=O)NCCc1csc(N)n1. The van der Waals surface area contributed by atoms with E-state index in [1.54, 1.807) is 6.92 Å². The zero-order chi connectivity index (χ0) is 12.3. The molecule has 0 aliphatic rings. The lowest BCUT2D eigenvalue weighted by Crippen LogP contribution is -2.26. The van der Waals surface area contributed by atoms with E-state index >= 15 is 0 Å². The number of aryl methyl sites for hydroxylation is 1. The van der Waals surface area contributed by atoms with Crippen LogP contribution in [0.2, 0.25) is 0 Å². The quantitative estimate of drug-likeness (QED) is 0.858. The number of hydrogen-bond acceptors (Lipinski definition) is 7. The van der Waals surface area contributed by atoms with Crippen LogP contribution in [0.4, 0.5) is 5.13 Å². The molecule has 17 heavy (non-hydrogen) atoms. The number of thiazole rings is 1. The Kier molecular flexibility index (Phi) is 3.64. The highest BCUT2D eigenvalue weighted by atomic mass is 32.1. The number of nitrogens with two attached hydrogens (primary N) is 1. The van der Waals surface area contributed by atoms with Gasteiger partial charge in [0.15, 0.2) is 10.8 Å². The molecule has 0 aliphatic heterocycles. The first-order valence-corrected chi connectivity index (χ1v) is 6.55. The third-order valence-corrected chi connectivity index (χ3v) is 3.45. The van der Waals surface area contributed by atoms with Crippen molar-refractivity contribution in [1.82, 2.24) is 19.0 Å². The van der Waals surface area contributed by atoms with Crippen LogP contribution in [0.5, 0.6) is 0 Å². The van der Waals surface area contributed by atoms with Crippen LogP contribution in [-0.2, 0) is 6.42 Å². The second-order valence-corrected chi connectivity index (χ2v) is 4.80. The molecule has 0 unspecified atom stereocenters. The first-order valence-electron chi connectivity index (χ1n) is 4.94. The number of nitrogens with one attached hydrogen (secondary N) is 1. The summed E-state index contributed by atoms with van der Waals surface area (Å²) >= 11 is 2.44. The van der Waals surface area contributed by atoms with E-state index in [0.717, 1.165) is 17.4 Å². The Labute approximate surface area is 106 Å². The lowest BCUT2D eigenvalue weighted by atomic mass is 10.3. The third-order valence-electron chi connectivity index (χ3n) is 2.10. The van der Waals surface area contributed by atoms with E-state index in [9.17, 15) is 4.79 Å². The van der Waals surface area contributed by atoms with Gasteiger partial charge in [-0.25, -0.2) is 4.98 Å². The number of aromatic nitrogens is 3. The van der Waals surface area contributed by atoms with Gasteiger partial charge in [0.1, 0.15) is 0 Å². The van der Waals surface area contributed by atoms with Gasteiger partial charge in [-0.1, -0.05) is 0 Å². The highest BCUT2D eigenvalue weighted by Crippen LogP contribution is 2.11. The Hall–Kier alpha value is -1.54. The first-order chi connectivity index (χ1) is 8.16. The molecule has 90 valence electrons. The number of rotatable bonds is 4. The summed E-state index contributed by atoms with van der Waals surface area (Å²) in [7, 11) is 0. The zero-order valence-corrected chi connectivity index (χ0v) is 10.8. The summed E-state index contributed by atoms with van der Waals surface area (Å²) in [6.45, 7) is 2.28. The first kappa shape index (κ1) is 11.9. The summed E-state index contributed by atoms with van der Waals surface area (Å²) in [6.07, 6.45) is 0.663. The van der Waals surface area contributed by atoms with Crippen LogP contribution in [0, 0.1) is 6.92 Å². The monoisotopic (exact) mass is 269 g/mol. The minimum absolute atomic E-state index is 0.195. The van der Waals surface area contributed by atoms with Crippen LogP contribution in [0.1, 0.15) is 21.9 Å². The van der Waals surface area contributed by atoms with Crippen LogP contribution in [0.15, 0.2) is 5.38 Å². The number of carbonyl (C=O) groups excluding carboxylic acids is 1.